The average molecular weight is 191 g/mol. The van der Waals surface area contributed by atoms with E-state index in [2.05, 4.69) is 14.9 Å². The largest absolute Gasteiger partial charge is 0.357 e. The standard InChI is InChI=1S/C10H13N3O/c14-6-3-9-7-10(12-8-11-9)13-4-1-2-5-13/h6-8H,1-5H2. The van der Waals surface area contributed by atoms with Gasteiger partial charge in [0, 0.05) is 25.6 Å². The Morgan fingerprint density at radius 1 is 1.36 bits per heavy atom. The summed E-state index contributed by atoms with van der Waals surface area (Å²) in [5.74, 6) is 0.953. The normalized spacial score (nSPS) is 15.9. The topological polar surface area (TPSA) is 46.1 Å². The van der Waals surface area contributed by atoms with Gasteiger partial charge in [-0.15, -0.1) is 0 Å². The monoisotopic (exact) mass is 191 g/mol. The second-order valence-electron chi connectivity index (χ2n) is 3.43. The van der Waals surface area contributed by atoms with Gasteiger partial charge in [-0.25, -0.2) is 9.97 Å². The molecule has 0 spiro atoms. The number of nitrogens with zero attached hydrogens (tertiary/aromatic N) is 3. The first-order valence-electron chi connectivity index (χ1n) is 4.89. The van der Waals surface area contributed by atoms with Crippen LogP contribution in [-0.2, 0) is 11.2 Å². The van der Waals surface area contributed by atoms with Gasteiger partial charge in [0.15, 0.2) is 0 Å². The van der Waals surface area contributed by atoms with Crippen molar-refractivity contribution in [2.24, 2.45) is 0 Å². The molecule has 1 aliphatic heterocycles. The van der Waals surface area contributed by atoms with Crippen molar-refractivity contribution < 1.29 is 4.79 Å². The molecule has 1 aromatic rings. The van der Waals surface area contributed by atoms with Crippen LogP contribution in [0.25, 0.3) is 0 Å². The van der Waals surface area contributed by atoms with Gasteiger partial charge >= 0.3 is 0 Å². The van der Waals surface area contributed by atoms with Gasteiger partial charge in [0.25, 0.3) is 0 Å². The molecule has 0 aliphatic carbocycles. The second kappa shape index (κ2) is 4.17. The third kappa shape index (κ3) is 1.89. The smallest absolute Gasteiger partial charge is 0.132 e. The fraction of sp³-hybridized carbons (Fsp3) is 0.500. The zero-order valence-electron chi connectivity index (χ0n) is 8.02. The number of hydrogen-bond acceptors (Lipinski definition) is 4. The minimum atomic E-state index is 0.378. The van der Waals surface area contributed by atoms with Crippen molar-refractivity contribution in [3.63, 3.8) is 0 Å². The number of hydrogen-bond donors (Lipinski definition) is 0. The predicted molar refractivity (Wildman–Crippen MR) is 53.2 cm³/mol. The van der Waals surface area contributed by atoms with E-state index in [1.54, 1.807) is 0 Å². The molecule has 4 heteroatoms. The van der Waals surface area contributed by atoms with E-state index in [-0.39, 0.29) is 0 Å². The maximum Gasteiger partial charge on any atom is 0.132 e. The van der Waals surface area contributed by atoms with Gasteiger partial charge in [-0.3, -0.25) is 0 Å². The van der Waals surface area contributed by atoms with Crippen LogP contribution >= 0.6 is 0 Å². The lowest BCUT2D eigenvalue weighted by atomic mass is 10.3. The van der Waals surface area contributed by atoms with E-state index >= 15 is 0 Å². The van der Waals surface area contributed by atoms with Crippen molar-refractivity contribution in [2.45, 2.75) is 19.3 Å². The van der Waals surface area contributed by atoms with E-state index in [0.717, 1.165) is 30.9 Å². The van der Waals surface area contributed by atoms with Crippen LogP contribution in [0.1, 0.15) is 18.5 Å². The Bertz CT molecular complexity index is 321. The van der Waals surface area contributed by atoms with Crippen molar-refractivity contribution in [3.05, 3.63) is 18.1 Å². The van der Waals surface area contributed by atoms with Gasteiger partial charge in [0.2, 0.25) is 0 Å². The highest BCUT2D eigenvalue weighted by molar-refractivity contribution is 5.55. The molecule has 2 rings (SSSR count). The SMILES string of the molecule is O=CCc1cc(N2CCCC2)ncn1. The van der Waals surface area contributed by atoms with Gasteiger partial charge in [-0.1, -0.05) is 0 Å². The van der Waals surface area contributed by atoms with Gasteiger partial charge in [-0.2, -0.15) is 0 Å². The molecule has 0 bridgehead atoms. The summed E-state index contributed by atoms with van der Waals surface area (Å²) < 4.78 is 0. The fourth-order valence-corrected chi connectivity index (χ4v) is 1.70. The van der Waals surface area contributed by atoms with E-state index in [9.17, 15) is 4.79 Å². The molecule has 0 atom stereocenters. The van der Waals surface area contributed by atoms with Crippen LogP contribution in [0.5, 0.6) is 0 Å². The van der Waals surface area contributed by atoms with E-state index in [0.29, 0.717) is 6.42 Å². The van der Waals surface area contributed by atoms with E-state index in [1.165, 1.54) is 19.2 Å². The van der Waals surface area contributed by atoms with Gasteiger partial charge in [0.1, 0.15) is 18.4 Å². The molecule has 0 aromatic carbocycles. The van der Waals surface area contributed by atoms with Crippen molar-refractivity contribution in [1.82, 2.24) is 9.97 Å². The van der Waals surface area contributed by atoms with Crippen LogP contribution in [0.4, 0.5) is 5.82 Å². The minimum Gasteiger partial charge on any atom is -0.357 e. The summed E-state index contributed by atoms with van der Waals surface area (Å²) in [4.78, 5) is 20.8. The summed E-state index contributed by atoms with van der Waals surface area (Å²) in [7, 11) is 0. The van der Waals surface area contributed by atoms with Crippen LogP contribution < -0.4 is 4.90 Å². The van der Waals surface area contributed by atoms with E-state index in [4.69, 9.17) is 0 Å². The first kappa shape index (κ1) is 9.12. The summed E-state index contributed by atoms with van der Waals surface area (Å²) in [5, 5.41) is 0. The first-order valence-corrected chi connectivity index (χ1v) is 4.89. The van der Waals surface area contributed by atoms with Crippen LogP contribution in [0, 0.1) is 0 Å². The highest BCUT2D eigenvalue weighted by atomic mass is 16.1. The number of carbonyl (C=O) groups is 1. The lowest BCUT2D eigenvalue weighted by molar-refractivity contribution is -0.107. The van der Waals surface area contributed by atoms with Gasteiger partial charge in [0.05, 0.1) is 5.69 Å². The zero-order valence-corrected chi connectivity index (χ0v) is 8.02. The molecule has 1 aromatic heterocycles. The molecule has 0 saturated carbocycles. The number of rotatable bonds is 3. The Balaban J connectivity index is 2.16. The lowest BCUT2D eigenvalue weighted by Gasteiger charge is -2.15. The maximum atomic E-state index is 10.3. The van der Waals surface area contributed by atoms with Gasteiger partial charge < -0.3 is 9.69 Å². The predicted octanol–water partition coefficient (Wildman–Crippen LogP) is 0.818. The van der Waals surface area contributed by atoms with Crippen LogP contribution in [-0.4, -0.2) is 29.3 Å². The molecule has 0 radical (unpaired) electrons. The van der Waals surface area contributed by atoms with Crippen LogP contribution in [0.3, 0.4) is 0 Å². The fourth-order valence-electron chi connectivity index (χ4n) is 1.70. The molecule has 1 aliphatic rings. The number of anilines is 1. The Morgan fingerprint density at radius 3 is 2.86 bits per heavy atom. The van der Waals surface area contributed by atoms with Crippen LogP contribution in [0.15, 0.2) is 12.4 Å². The summed E-state index contributed by atoms with van der Waals surface area (Å²) in [6.07, 6.45) is 5.24. The molecule has 0 N–H and O–H groups in total. The molecular formula is C10H13N3O. The molecule has 0 unspecified atom stereocenters. The molecule has 0 amide bonds. The third-order valence-electron chi connectivity index (χ3n) is 2.43. The Hall–Kier alpha value is -1.45. The number of aldehydes is 1. The first-order chi connectivity index (χ1) is 6.90. The van der Waals surface area contributed by atoms with Crippen molar-refractivity contribution in [2.75, 3.05) is 18.0 Å². The van der Waals surface area contributed by atoms with Gasteiger partial charge in [-0.05, 0) is 12.8 Å². The Morgan fingerprint density at radius 2 is 2.14 bits per heavy atom. The molecule has 2 heterocycles. The summed E-state index contributed by atoms with van der Waals surface area (Å²) in [6.45, 7) is 2.13. The van der Waals surface area contributed by atoms with Crippen molar-refractivity contribution >= 4 is 12.1 Å². The molecule has 14 heavy (non-hydrogen) atoms. The van der Waals surface area contributed by atoms with Crippen molar-refractivity contribution in [1.29, 1.82) is 0 Å². The Kier molecular flexibility index (Phi) is 2.72. The van der Waals surface area contributed by atoms with E-state index < -0.39 is 0 Å². The summed E-state index contributed by atoms with van der Waals surface area (Å²) in [5.41, 5.74) is 0.803. The highest BCUT2D eigenvalue weighted by Crippen LogP contribution is 2.17. The molecule has 74 valence electrons. The highest BCUT2D eigenvalue weighted by Gasteiger charge is 2.13. The summed E-state index contributed by atoms with van der Waals surface area (Å²) >= 11 is 0. The minimum absolute atomic E-state index is 0.378. The maximum absolute atomic E-state index is 10.3. The molecular weight excluding hydrogens is 178 g/mol. The molecule has 1 saturated heterocycles. The van der Waals surface area contributed by atoms with Crippen molar-refractivity contribution in [3.8, 4) is 0 Å². The lowest BCUT2D eigenvalue weighted by Crippen LogP contribution is -2.19. The second-order valence-corrected chi connectivity index (χ2v) is 3.43. The number of carbonyl (C=O) groups excluding carboxylic acids is 1. The quantitative estimate of drug-likeness (QED) is 0.663. The zero-order chi connectivity index (χ0) is 9.80. The summed E-state index contributed by atoms with van der Waals surface area (Å²) in [6, 6.07) is 1.90. The van der Waals surface area contributed by atoms with Crippen LogP contribution in [0.2, 0.25) is 0 Å². The Labute approximate surface area is 83.0 Å². The number of aromatic nitrogens is 2. The van der Waals surface area contributed by atoms with E-state index in [1.807, 2.05) is 6.07 Å². The molecule has 4 nitrogen and oxygen atoms in total. The third-order valence-corrected chi connectivity index (χ3v) is 2.43. The average Bonchev–Trinajstić information content (AvgIpc) is 2.71. The molecule has 1 fully saturated rings.